The lowest BCUT2D eigenvalue weighted by atomic mass is 10.2. The fraction of sp³-hybridized carbons (Fsp3) is 0.267. The van der Waals surface area contributed by atoms with Gasteiger partial charge in [-0.15, -0.1) is 11.3 Å². The number of hydrogen-bond donors (Lipinski definition) is 1. The highest BCUT2D eigenvalue weighted by atomic mass is 32.1. The SMILES string of the molecule is CCc1nc2c(C(=O)O)cccc2n1Cc1ncc(C)s1. The molecule has 0 spiro atoms. The minimum absolute atomic E-state index is 0.247. The molecule has 0 atom stereocenters. The van der Waals surface area contributed by atoms with E-state index in [1.807, 2.05) is 26.1 Å². The summed E-state index contributed by atoms with van der Waals surface area (Å²) in [7, 11) is 0. The number of carboxylic acid groups (broad SMARTS) is 1. The Morgan fingerprint density at radius 2 is 2.24 bits per heavy atom. The molecule has 2 aromatic heterocycles. The van der Waals surface area contributed by atoms with Crippen LogP contribution in [0.3, 0.4) is 0 Å². The van der Waals surface area contributed by atoms with Gasteiger partial charge < -0.3 is 9.67 Å². The molecule has 0 unspecified atom stereocenters. The van der Waals surface area contributed by atoms with Gasteiger partial charge in [-0.25, -0.2) is 14.8 Å². The first kappa shape index (κ1) is 13.8. The lowest BCUT2D eigenvalue weighted by molar-refractivity contribution is 0.0699. The van der Waals surface area contributed by atoms with Crippen LogP contribution in [0.2, 0.25) is 0 Å². The Labute approximate surface area is 125 Å². The van der Waals surface area contributed by atoms with Gasteiger partial charge in [0.15, 0.2) is 0 Å². The van der Waals surface area contributed by atoms with Crippen molar-refractivity contribution >= 4 is 28.3 Å². The molecule has 1 N–H and O–H groups in total. The molecular weight excluding hydrogens is 286 g/mol. The molecule has 0 saturated heterocycles. The topological polar surface area (TPSA) is 68.0 Å². The van der Waals surface area contributed by atoms with Crippen molar-refractivity contribution < 1.29 is 9.90 Å². The molecule has 2 heterocycles. The van der Waals surface area contributed by atoms with Gasteiger partial charge in [-0.05, 0) is 19.1 Å². The minimum Gasteiger partial charge on any atom is -0.478 e. The first-order valence-corrected chi connectivity index (χ1v) is 7.54. The number of rotatable bonds is 4. The molecule has 0 bridgehead atoms. The number of imidazole rings is 1. The van der Waals surface area contributed by atoms with E-state index in [1.54, 1.807) is 23.5 Å². The summed E-state index contributed by atoms with van der Waals surface area (Å²) in [4.78, 5) is 21.4. The number of carbonyl (C=O) groups is 1. The Morgan fingerprint density at radius 1 is 1.43 bits per heavy atom. The summed E-state index contributed by atoms with van der Waals surface area (Å²) in [5.41, 5.74) is 1.64. The molecule has 0 fully saturated rings. The Kier molecular flexibility index (Phi) is 3.47. The van der Waals surface area contributed by atoms with Gasteiger partial charge in [-0.1, -0.05) is 13.0 Å². The van der Waals surface area contributed by atoms with Crippen molar-refractivity contribution in [2.75, 3.05) is 0 Å². The van der Waals surface area contributed by atoms with Crippen molar-refractivity contribution in [3.05, 3.63) is 45.7 Å². The predicted molar refractivity (Wildman–Crippen MR) is 82.0 cm³/mol. The Balaban J connectivity index is 2.16. The highest BCUT2D eigenvalue weighted by molar-refractivity contribution is 7.11. The summed E-state index contributed by atoms with van der Waals surface area (Å²) in [6, 6.07) is 5.26. The minimum atomic E-state index is -0.946. The molecule has 0 aliphatic carbocycles. The predicted octanol–water partition coefficient (Wildman–Crippen LogP) is 3.11. The molecule has 0 aliphatic heterocycles. The zero-order valence-electron chi connectivity index (χ0n) is 11.8. The lowest BCUT2D eigenvalue weighted by Gasteiger charge is -2.05. The quantitative estimate of drug-likeness (QED) is 0.804. The van der Waals surface area contributed by atoms with Crippen LogP contribution in [0.5, 0.6) is 0 Å². The number of aromatic nitrogens is 3. The molecule has 0 radical (unpaired) electrons. The highest BCUT2D eigenvalue weighted by Crippen LogP contribution is 2.23. The maximum Gasteiger partial charge on any atom is 0.337 e. The van der Waals surface area contributed by atoms with E-state index < -0.39 is 5.97 Å². The van der Waals surface area contributed by atoms with Crippen molar-refractivity contribution in [2.45, 2.75) is 26.8 Å². The van der Waals surface area contributed by atoms with E-state index >= 15 is 0 Å². The second-order valence-corrected chi connectivity index (χ2v) is 6.13. The molecule has 1 aromatic carbocycles. The van der Waals surface area contributed by atoms with Crippen molar-refractivity contribution in [1.29, 1.82) is 0 Å². The molecule has 6 heteroatoms. The summed E-state index contributed by atoms with van der Waals surface area (Å²) in [5, 5.41) is 10.3. The van der Waals surface area contributed by atoms with Gasteiger partial charge >= 0.3 is 5.97 Å². The van der Waals surface area contributed by atoms with Crippen LogP contribution in [0, 0.1) is 6.92 Å². The summed E-state index contributed by atoms with van der Waals surface area (Å²) >= 11 is 1.65. The van der Waals surface area contributed by atoms with Gasteiger partial charge in [-0.2, -0.15) is 0 Å². The van der Waals surface area contributed by atoms with E-state index in [0.717, 1.165) is 22.8 Å². The number of thiazole rings is 1. The molecule has 3 rings (SSSR count). The highest BCUT2D eigenvalue weighted by Gasteiger charge is 2.16. The molecule has 0 amide bonds. The number of hydrogen-bond acceptors (Lipinski definition) is 4. The number of carboxylic acids is 1. The zero-order chi connectivity index (χ0) is 15.0. The Hall–Kier alpha value is -2.21. The first-order chi connectivity index (χ1) is 10.1. The zero-order valence-corrected chi connectivity index (χ0v) is 12.6. The molecule has 3 aromatic rings. The van der Waals surface area contributed by atoms with E-state index in [4.69, 9.17) is 0 Å². The third-order valence-electron chi connectivity index (χ3n) is 3.37. The smallest absolute Gasteiger partial charge is 0.337 e. The number of fused-ring (bicyclic) bond motifs is 1. The Bertz CT molecular complexity index is 820. The summed E-state index contributed by atoms with van der Waals surface area (Å²) in [6.07, 6.45) is 2.60. The van der Waals surface area contributed by atoms with Crippen LogP contribution in [-0.2, 0) is 13.0 Å². The van der Waals surface area contributed by atoms with Gasteiger partial charge in [0.2, 0.25) is 0 Å². The largest absolute Gasteiger partial charge is 0.478 e. The van der Waals surface area contributed by atoms with E-state index in [9.17, 15) is 9.90 Å². The van der Waals surface area contributed by atoms with Crippen LogP contribution in [0.15, 0.2) is 24.4 Å². The second kappa shape index (κ2) is 5.29. The van der Waals surface area contributed by atoms with Gasteiger partial charge in [0.05, 0.1) is 17.6 Å². The molecule has 0 saturated carbocycles. The number of benzene rings is 1. The van der Waals surface area contributed by atoms with Crippen LogP contribution in [-0.4, -0.2) is 25.6 Å². The number of aromatic carboxylic acids is 1. The van der Waals surface area contributed by atoms with E-state index in [-0.39, 0.29) is 5.56 Å². The van der Waals surface area contributed by atoms with Crippen LogP contribution in [0.4, 0.5) is 0 Å². The fourth-order valence-electron chi connectivity index (χ4n) is 2.42. The number of aryl methyl sites for hydroxylation is 2. The van der Waals surface area contributed by atoms with Crippen LogP contribution < -0.4 is 0 Å². The van der Waals surface area contributed by atoms with Crippen molar-refractivity contribution in [2.24, 2.45) is 0 Å². The number of nitrogens with zero attached hydrogens (tertiary/aromatic N) is 3. The van der Waals surface area contributed by atoms with Crippen LogP contribution in [0.25, 0.3) is 11.0 Å². The Morgan fingerprint density at radius 3 is 2.86 bits per heavy atom. The third kappa shape index (κ3) is 2.42. The number of para-hydroxylation sites is 1. The fourth-order valence-corrected chi connectivity index (χ4v) is 3.20. The summed E-state index contributed by atoms with van der Waals surface area (Å²) in [5.74, 6) is -0.0652. The lowest BCUT2D eigenvalue weighted by Crippen LogP contribution is -2.04. The molecular formula is C15H15N3O2S. The van der Waals surface area contributed by atoms with Gasteiger partial charge in [0.25, 0.3) is 0 Å². The monoisotopic (exact) mass is 301 g/mol. The van der Waals surface area contributed by atoms with Crippen molar-refractivity contribution in [1.82, 2.24) is 14.5 Å². The maximum atomic E-state index is 11.3. The normalized spacial score (nSPS) is 11.1. The van der Waals surface area contributed by atoms with Crippen molar-refractivity contribution in [3.63, 3.8) is 0 Å². The van der Waals surface area contributed by atoms with Gasteiger partial charge in [0, 0.05) is 17.5 Å². The molecule has 5 nitrogen and oxygen atoms in total. The molecule has 21 heavy (non-hydrogen) atoms. The standard InChI is InChI=1S/C15H15N3O2S/c1-3-12-17-14-10(15(19)20)5-4-6-11(14)18(12)8-13-16-7-9(2)21-13/h4-7H,3,8H2,1-2H3,(H,19,20). The van der Waals surface area contributed by atoms with E-state index in [1.165, 1.54) is 4.88 Å². The second-order valence-electron chi connectivity index (χ2n) is 4.81. The first-order valence-electron chi connectivity index (χ1n) is 6.73. The van der Waals surface area contributed by atoms with Crippen LogP contribution in [0.1, 0.15) is 33.0 Å². The van der Waals surface area contributed by atoms with Crippen LogP contribution >= 0.6 is 11.3 Å². The average molecular weight is 301 g/mol. The third-order valence-corrected chi connectivity index (χ3v) is 4.26. The maximum absolute atomic E-state index is 11.3. The average Bonchev–Trinajstić information content (AvgIpc) is 3.03. The van der Waals surface area contributed by atoms with E-state index in [2.05, 4.69) is 14.5 Å². The van der Waals surface area contributed by atoms with Gasteiger partial charge in [-0.3, -0.25) is 0 Å². The van der Waals surface area contributed by atoms with E-state index in [0.29, 0.717) is 12.1 Å². The van der Waals surface area contributed by atoms with Crippen molar-refractivity contribution in [3.8, 4) is 0 Å². The van der Waals surface area contributed by atoms with Gasteiger partial charge in [0.1, 0.15) is 16.3 Å². The molecule has 0 aliphatic rings. The summed E-state index contributed by atoms with van der Waals surface area (Å²) < 4.78 is 2.06. The summed E-state index contributed by atoms with van der Waals surface area (Å²) in [6.45, 7) is 4.67. The molecule has 108 valence electrons.